The number of carbonyl (C=O) groups is 1. The molecule has 1 amide bonds. The van der Waals surface area contributed by atoms with E-state index in [9.17, 15) is 4.79 Å². The molecule has 1 N–H and O–H groups in total. The Labute approximate surface area is 177 Å². The van der Waals surface area contributed by atoms with Crippen molar-refractivity contribution in [3.05, 3.63) is 53.6 Å². The van der Waals surface area contributed by atoms with Gasteiger partial charge in [0.15, 0.2) is 11.5 Å². The Morgan fingerprint density at radius 3 is 2.37 bits per heavy atom. The van der Waals surface area contributed by atoms with Gasteiger partial charge in [-0.2, -0.15) is 14.9 Å². The molecule has 1 saturated carbocycles. The van der Waals surface area contributed by atoms with E-state index in [1.807, 2.05) is 35.0 Å². The number of hydrogen-bond donors (Lipinski definition) is 1. The lowest BCUT2D eigenvalue weighted by Crippen LogP contribution is -2.26. The van der Waals surface area contributed by atoms with E-state index in [-0.39, 0.29) is 16.9 Å². The second-order valence-corrected chi connectivity index (χ2v) is 10.0. The maximum Gasteiger partial charge on any atom is 0.277 e. The summed E-state index contributed by atoms with van der Waals surface area (Å²) in [6.45, 7) is 12.6. The summed E-state index contributed by atoms with van der Waals surface area (Å²) >= 11 is 0. The molecule has 0 saturated heterocycles. The summed E-state index contributed by atoms with van der Waals surface area (Å²) in [5.41, 5.74) is 2.11. The van der Waals surface area contributed by atoms with Crippen LogP contribution >= 0.6 is 0 Å². The fraction of sp³-hybridized carbons (Fsp3) is 0.478. The van der Waals surface area contributed by atoms with E-state index in [4.69, 9.17) is 5.10 Å². The van der Waals surface area contributed by atoms with Crippen LogP contribution in [0.1, 0.15) is 82.2 Å². The van der Waals surface area contributed by atoms with E-state index in [0.29, 0.717) is 23.2 Å². The predicted octanol–water partition coefficient (Wildman–Crippen LogP) is 4.65. The van der Waals surface area contributed by atoms with Crippen molar-refractivity contribution < 1.29 is 4.79 Å². The van der Waals surface area contributed by atoms with Crippen molar-refractivity contribution in [2.75, 3.05) is 5.32 Å². The normalized spacial score (nSPS) is 14.7. The van der Waals surface area contributed by atoms with E-state index >= 15 is 0 Å². The average molecular weight is 407 g/mol. The Balaban J connectivity index is 1.69. The summed E-state index contributed by atoms with van der Waals surface area (Å²) in [4.78, 5) is 17.5. The third kappa shape index (κ3) is 4.01. The number of hydrogen-bond acceptors (Lipinski definition) is 4. The van der Waals surface area contributed by atoms with E-state index in [2.05, 4.69) is 56.9 Å². The molecule has 0 aromatic carbocycles. The smallest absolute Gasteiger partial charge is 0.277 e. The van der Waals surface area contributed by atoms with Crippen LogP contribution in [0.2, 0.25) is 0 Å². The van der Waals surface area contributed by atoms with Crippen molar-refractivity contribution in [1.82, 2.24) is 24.5 Å². The number of carbonyl (C=O) groups excluding carboxylic acids is 1. The minimum atomic E-state index is -0.238. The van der Waals surface area contributed by atoms with Crippen molar-refractivity contribution in [2.45, 2.75) is 71.3 Å². The van der Waals surface area contributed by atoms with Crippen LogP contribution in [0.4, 0.5) is 5.82 Å². The lowest BCUT2D eigenvalue weighted by Gasteiger charge is -2.22. The molecule has 1 aliphatic rings. The molecule has 3 aromatic heterocycles. The summed E-state index contributed by atoms with van der Waals surface area (Å²) in [5, 5.41) is 12.4. The van der Waals surface area contributed by atoms with Gasteiger partial charge in [-0.1, -0.05) is 26.8 Å². The first-order chi connectivity index (χ1) is 14.0. The summed E-state index contributed by atoms with van der Waals surface area (Å²) in [7, 11) is 0. The quantitative estimate of drug-likeness (QED) is 0.684. The maximum atomic E-state index is 13.1. The minimum absolute atomic E-state index is 0.160. The van der Waals surface area contributed by atoms with E-state index < -0.39 is 0 Å². The Morgan fingerprint density at radius 1 is 1.07 bits per heavy atom. The number of amides is 1. The highest BCUT2D eigenvalue weighted by Crippen LogP contribution is 2.41. The van der Waals surface area contributed by atoms with Gasteiger partial charge in [-0.15, -0.1) is 0 Å². The number of aromatic nitrogens is 5. The second kappa shape index (κ2) is 7.07. The van der Waals surface area contributed by atoms with Gasteiger partial charge in [-0.3, -0.25) is 9.48 Å². The highest BCUT2D eigenvalue weighted by molar-refractivity contribution is 6.02. The Bertz CT molecular complexity index is 1060. The van der Waals surface area contributed by atoms with Crippen LogP contribution in [-0.2, 0) is 11.0 Å². The van der Waals surface area contributed by atoms with Crippen molar-refractivity contribution in [3.8, 4) is 5.82 Å². The minimum Gasteiger partial charge on any atom is -0.305 e. The Morgan fingerprint density at radius 2 is 1.80 bits per heavy atom. The first kappa shape index (κ1) is 20.3. The SMILES string of the molecule is CC(C)(C)c1cc(NC(=O)c2cc(C3CC3)n(C(C)(C)C)n2)n(-c2ccccn2)n1. The van der Waals surface area contributed by atoms with Crippen LogP contribution in [0, 0.1) is 0 Å². The van der Waals surface area contributed by atoms with Gasteiger partial charge in [0.25, 0.3) is 5.91 Å². The van der Waals surface area contributed by atoms with Crippen LogP contribution in [0.15, 0.2) is 36.5 Å². The third-order valence-electron chi connectivity index (χ3n) is 5.19. The van der Waals surface area contributed by atoms with Gasteiger partial charge in [-0.25, -0.2) is 4.98 Å². The molecule has 4 rings (SSSR count). The molecule has 3 heterocycles. The largest absolute Gasteiger partial charge is 0.305 e. The number of nitrogens with one attached hydrogen (secondary N) is 1. The zero-order valence-electron chi connectivity index (χ0n) is 18.6. The molecule has 1 fully saturated rings. The van der Waals surface area contributed by atoms with Gasteiger partial charge in [-0.05, 0) is 51.8 Å². The first-order valence-corrected chi connectivity index (χ1v) is 10.5. The summed E-state index contributed by atoms with van der Waals surface area (Å²) in [6, 6.07) is 9.47. The lowest BCUT2D eigenvalue weighted by atomic mass is 9.92. The second-order valence-electron chi connectivity index (χ2n) is 10.0. The Hall–Kier alpha value is -2.96. The monoisotopic (exact) mass is 406 g/mol. The van der Waals surface area contributed by atoms with Gasteiger partial charge in [0.1, 0.15) is 5.82 Å². The number of rotatable bonds is 4. The van der Waals surface area contributed by atoms with Crippen LogP contribution < -0.4 is 5.32 Å². The van der Waals surface area contributed by atoms with Gasteiger partial charge in [0, 0.05) is 29.3 Å². The van der Waals surface area contributed by atoms with Crippen LogP contribution in [-0.4, -0.2) is 30.5 Å². The molecule has 7 heteroatoms. The molecule has 0 spiro atoms. The van der Waals surface area contributed by atoms with Crippen LogP contribution in [0.25, 0.3) is 5.82 Å². The van der Waals surface area contributed by atoms with Crippen molar-refractivity contribution >= 4 is 11.7 Å². The first-order valence-electron chi connectivity index (χ1n) is 10.5. The number of pyridine rings is 1. The zero-order chi connectivity index (χ0) is 21.7. The molecule has 0 unspecified atom stereocenters. The highest BCUT2D eigenvalue weighted by Gasteiger charge is 2.33. The molecule has 158 valence electrons. The molecular formula is C23H30N6O. The molecule has 0 aliphatic heterocycles. The summed E-state index contributed by atoms with van der Waals surface area (Å²) < 4.78 is 3.68. The number of anilines is 1. The topological polar surface area (TPSA) is 77.6 Å². The van der Waals surface area contributed by atoms with Gasteiger partial charge >= 0.3 is 0 Å². The molecule has 30 heavy (non-hydrogen) atoms. The standard InChI is InChI=1S/C23H30N6O/c1-22(2,3)18-14-20(28(27-18)19-9-7-8-12-24-19)25-21(30)16-13-17(15-10-11-15)29(26-16)23(4,5)6/h7-9,12-15H,10-11H2,1-6H3,(H,25,30). The zero-order valence-corrected chi connectivity index (χ0v) is 18.6. The predicted molar refractivity (Wildman–Crippen MR) is 117 cm³/mol. The molecule has 0 radical (unpaired) electrons. The molecular weight excluding hydrogens is 376 g/mol. The number of nitrogens with zero attached hydrogens (tertiary/aromatic N) is 5. The molecule has 7 nitrogen and oxygen atoms in total. The summed E-state index contributed by atoms with van der Waals surface area (Å²) in [5.74, 6) is 1.51. The van der Waals surface area contributed by atoms with Gasteiger partial charge in [0.2, 0.25) is 0 Å². The fourth-order valence-electron chi connectivity index (χ4n) is 3.38. The van der Waals surface area contributed by atoms with Crippen LogP contribution in [0.5, 0.6) is 0 Å². The van der Waals surface area contributed by atoms with Gasteiger partial charge < -0.3 is 5.32 Å². The maximum absolute atomic E-state index is 13.1. The van der Waals surface area contributed by atoms with Crippen LogP contribution in [0.3, 0.4) is 0 Å². The van der Waals surface area contributed by atoms with Gasteiger partial charge in [0.05, 0.1) is 11.2 Å². The molecule has 0 atom stereocenters. The highest BCUT2D eigenvalue weighted by atomic mass is 16.2. The fourth-order valence-corrected chi connectivity index (χ4v) is 3.38. The molecule has 3 aromatic rings. The average Bonchev–Trinajstić information content (AvgIpc) is 3.24. The van der Waals surface area contributed by atoms with E-state index in [1.54, 1.807) is 10.9 Å². The van der Waals surface area contributed by atoms with Crippen molar-refractivity contribution in [1.29, 1.82) is 0 Å². The lowest BCUT2D eigenvalue weighted by molar-refractivity contribution is 0.102. The molecule has 0 bridgehead atoms. The van der Waals surface area contributed by atoms with E-state index in [1.165, 1.54) is 0 Å². The molecule has 1 aliphatic carbocycles. The van der Waals surface area contributed by atoms with Crippen molar-refractivity contribution in [3.63, 3.8) is 0 Å². The summed E-state index contributed by atoms with van der Waals surface area (Å²) in [6.07, 6.45) is 4.03. The Kier molecular flexibility index (Phi) is 4.79. The third-order valence-corrected chi connectivity index (χ3v) is 5.19. The van der Waals surface area contributed by atoms with Crippen molar-refractivity contribution in [2.24, 2.45) is 0 Å². The van der Waals surface area contributed by atoms with E-state index in [0.717, 1.165) is 24.2 Å².